The first kappa shape index (κ1) is 17.3. The number of nitrogens with zero attached hydrogens (tertiary/aromatic N) is 1. The highest BCUT2D eigenvalue weighted by atomic mass is 16.5. The summed E-state index contributed by atoms with van der Waals surface area (Å²) in [7, 11) is 1.59. The fourth-order valence-corrected chi connectivity index (χ4v) is 2.29. The van der Waals surface area contributed by atoms with Crippen molar-refractivity contribution in [1.29, 1.82) is 0 Å². The number of fused-ring (bicyclic) bond motifs is 1. The molecule has 0 atom stereocenters. The Kier molecular flexibility index (Phi) is 5.33. The van der Waals surface area contributed by atoms with Crippen LogP contribution in [0.25, 0.3) is 10.9 Å². The number of aromatic amines is 1. The summed E-state index contributed by atoms with van der Waals surface area (Å²) in [6.45, 7) is 0.448. The van der Waals surface area contributed by atoms with Crippen molar-refractivity contribution in [3.63, 3.8) is 0 Å². The van der Waals surface area contributed by atoms with Crippen LogP contribution in [0.4, 0.5) is 5.69 Å². The van der Waals surface area contributed by atoms with Crippen molar-refractivity contribution in [3.8, 4) is 11.5 Å². The van der Waals surface area contributed by atoms with Crippen LogP contribution in [0.5, 0.6) is 11.5 Å². The predicted molar refractivity (Wildman–Crippen MR) is 96.2 cm³/mol. The Hall–Kier alpha value is -3.55. The van der Waals surface area contributed by atoms with Gasteiger partial charge in [0.15, 0.2) is 0 Å². The molecule has 3 aromatic rings. The Morgan fingerprint density at radius 1 is 1.08 bits per heavy atom. The van der Waals surface area contributed by atoms with E-state index >= 15 is 0 Å². The molecule has 1 heterocycles. The van der Waals surface area contributed by atoms with Crippen LogP contribution in [-0.2, 0) is 9.59 Å². The van der Waals surface area contributed by atoms with E-state index in [4.69, 9.17) is 9.47 Å². The summed E-state index contributed by atoms with van der Waals surface area (Å²) in [5, 5.41) is 12.7. The molecule has 134 valence electrons. The molecule has 0 saturated carbocycles. The van der Waals surface area contributed by atoms with Crippen molar-refractivity contribution in [3.05, 3.63) is 48.7 Å². The number of aromatic nitrogens is 2. The van der Waals surface area contributed by atoms with Gasteiger partial charge in [-0.25, -0.2) is 0 Å². The third-order valence-electron chi connectivity index (χ3n) is 3.62. The topological polar surface area (TPSA) is 105 Å². The molecule has 0 fully saturated rings. The minimum atomic E-state index is -0.742. The van der Waals surface area contributed by atoms with Gasteiger partial charge in [0.1, 0.15) is 18.1 Å². The summed E-state index contributed by atoms with van der Waals surface area (Å²) in [6, 6.07) is 12.3. The SMILES string of the molecule is COc1ccc(OCCNC(=O)C(=O)Nc2ccc3cn[nH]c3c2)cc1. The Bertz CT molecular complexity index is 905. The van der Waals surface area contributed by atoms with Gasteiger partial charge >= 0.3 is 11.8 Å². The lowest BCUT2D eigenvalue weighted by atomic mass is 10.2. The molecule has 1 aromatic heterocycles. The number of H-pyrrole nitrogens is 1. The number of amides is 2. The largest absolute Gasteiger partial charge is 0.497 e. The number of ether oxygens (including phenoxy) is 2. The van der Waals surface area contributed by atoms with Gasteiger partial charge in [-0.05, 0) is 42.5 Å². The van der Waals surface area contributed by atoms with Crippen molar-refractivity contribution in [1.82, 2.24) is 15.5 Å². The van der Waals surface area contributed by atoms with Gasteiger partial charge in [-0.2, -0.15) is 5.10 Å². The van der Waals surface area contributed by atoms with E-state index in [0.29, 0.717) is 11.4 Å². The number of rotatable bonds is 6. The van der Waals surface area contributed by atoms with E-state index < -0.39 is 11.8 Å². The maximum Gasteiger partial charge on any atom is 0.313 e. The van der Waals surface area contributed by atoms with Gasteiger partial charge in [0.05, 0.1) is 25.4 Å². The van der Waals surface area contributed by atoms with Gasteiger partial charge in [0, 0.05) is 11.1 Å². The van der Waals surface area contributed by atoms with Gasteiger partial charge < -0.3 is 20.1 Å². The minimum Gasteiger partial charge on any atom is -0.497 e. The summed E-state index contributed by atoms with van der Waals surface area (Å²) < 4.78 is 10.5. The highest BCUT2D eigenvalue weighted by molar-refractivity contribution is 6.39. The number of carbonyl (C=O) groups excluding carboxylic acids is 2. The van der Waals surface area contributed by atoms with E-state index in [9.17, 15) is 9.59 Å². The van der Waals surface area contributed by atoms with Gasteiger partial charge in [-0.1, -0.05) is 0 Å². The number of anilines is 1. The standard InChI is InChI=1S/C18H18N4O4/c1-25-14-4-6-15(7-5-14)26-9-8-19-17(23)18(24)21-13-3-2-12-11-20-22-16(12)10-13/h2-7,10-11H,8-9H2,1H3,(H,19,23)(H,20,22)(H,21,24). The van der Waals surface area contributed by atoms with Crippen molar-refractivity contribution in [2.45, 2.75) is 0 Å². The van der Waals surface area contributed by atoms with Crippen molar-refractivity contribution < 1.29 is 19.1 Å². The fraction of sp³-hybridized carbons (Fsp3) is 0.167. The van der Waals surface area contributed by atoms with Crippen molar-refractivity contribution >= 4 is 28.4 Å². The molecule has 3 N–H and O–H groups in total. The predicted octanol–water partition coefficient (Wildman–Crippen LogP) is 1.71. The average Bonchev–Trinajstić information content (AvgIpc) is 3.13. The third kappa shape index (κ3) is 4.29. The Labute approximate surface area is 149 Å². The van der Waals surface area contributed by atoms with Crippen LogP contribution in [0.1, 0.15) is 0 Å². The third-order valence-corrected chi connectivity index (χ3v) is 3.62. The van der Waals surface area contributed by atoms with Gasteiger partial charge in [-0.15, -0.1) is 0 Å². The number of hydrogen-bond donors (Lipinski definition) is 3. The van der Waals surface area contributed by atoms with Crippen LogP contribution in [0.2, 0.25) is 0 Å². The van der Waals surface area contributed by atoms with Crippen molar-refractivity contribution in [2.24, 2.45) is 0 Å². The monoisotopic (exact) mass is 354 g/mol. The number of hydrogen-bond acceptors (Lipinski definition) is 5. The summed E-state index contributed by atoms with van der Waals surface area (Å²) >= 11 is 0. The molecule has 0 spiro atoms. The van der Waals surface area contributed by atoms with Crippen LogP contribution >= 0.6 is 0 Å². The van der Waals surface area contributed by atoms with Crippen LogP contribution in [0.15, 0.2) is 48.7 Å². The van der Waals surface area contributed by atoms with Crippen molar-refractivity contribution in [2.75, 3.05) is 25.6 Å². The second-order valence-corrected chi connectivity index (χ2v) is 5.41. The molecule has 8 nitrogen and oxygen atoms in total. The maximum atomic E-state index is 11.9. The van der Waals surface area contributed by atoms with E-state index in [0.717, 1.165) is 16.7 Å². The van der Waals surface area contributed by atoms with Gasteiger partial charge in [0.25, 0.3) is 0 Å². The molecule has 0 bridgehead atoms. The molecule has 26 heavy (non-hydrogen) atoms. The Balaban J connectivity index is 1.42. The zero-order chi connectivity index (χ0) is 18.4. The van der Waals surface area contributed by atoms with E-state index in [-0.39, 0.29) is 13.2 Å². The number of nitrogens with one attached hydrogen (secondary N) is 3. The number of methoxy groups -OCH3 is 1. The molecule has 0 aliphatic heterocycles. The smallest absolute Gasteiger partial charge is 0.313 e. The van der Waals surface area contributed by atoms with E-state index in [1.165, 1.54) is 0 Å². The summed E-state index contributed by atoms with van der Waals surface area (Å²) in [5.41, 5.74) is 1.28. The maximum absolute atomic E-state index is 11.9. The normalized spacial score (nSPS) is 10.3. The van der Waals surface area contributed by atoms with Gasteiger partial charge in [-0.3, -0.25) is 14.7 Å². The molecule has 0 radical (unpaired) electrons. The van der Waals surface area contributed by atoms with Crippen LogP contribution < -0.4 is 20.1 Å². The lowest BCUT2D eigenvalue weighted by molar-refractivity contribution is -0.136. The zero-order valence-electron chi connectivity index (χ0n) is 14.1. The molecule has 0 aliphatic carbocycles. The highest BCUT2D eigenvalue weighted by Gasteiger charge is 2.13. The Morgan fingerprint density at radius 3 is 2.62 bits per heavy atom. The first-order chi connectivity index (χ1) is 12.7. The number of carbonyl (C=O) groups is 2. The molecule has 8 heteroatoms. The van der Waals surface area contributed by atoms with Crippen LogP contribution in [0, 0.1) is 0 Å². The first-order valence-electron chi connectivity index (χ1n) is 7.95. The second kappa shape index (κ2) is 8.02. The van der Waals surface area contributed by atoms with Gasteiger partial charge in [0.2, 0.25) is 0 Å². The molecule has 0 saturated heterocycles. The molecule has 0 unspecified atom stereocenters. The molecule has 2 aromatic carbocycles. The molecular weight excluding hydrogens is 336 g/mol. The summed E-state index contributed by atoms with van der Waals surface area (Å²) in [4.78, 5) is 23.8. The number of benzene rings is 2. The average molecular weight is 354 g/mol. The van der Waals surface area contributed by atoms with Crippen LogP contribution in [0.3, 0.4) is 0 Å². The second-order valence-electron chi connectivity index (χ2n) is 5.41. The van der Waals surface area contributed by atoms with Crippen LogP contribution in [-0.4, -0.2) is 42.3 Å². The highest BCUT2D eigenvalue weighted by Crippen LogP contribution is 2.17. The first-order valence-corrected chi connectivity index (χ1v) is 7.95. The molecule has 0 aliphatic rings. The summed E-state index contributed by atoms with van der Waals surface area (Å²) in [6.07, 6.45) is 1.68. The molecular formula is C18H18N4O4. The minimum absolute atomic E-state index is 0.206. The van der Waals surface area contributed by atoms with E-state index in [1.807, 2.05) is 0 Å². The Morgan fingerprint density at radius 2 is 1.85 bits per heavy atom. The zero-order valence-corrected chi connectivity index (χ0v) is 14.1. The quantitative estimate of drug-likeness (QED) is 0.462. The van der Waals surface area contributed by atoms with E-state index in [1.54, 1.807) is 55.8 Å². The molecule has 2 amide bonds. The summed E-state index contributed by atoms with van der Waals surface area (Å²) in [5.74, 6) is -0.0886. The van der Waals surface area contributed by atoms with E-state index in [2.05, 4.69) is 20.8 Å². The lowest BCUT2D eigenvalue weighted by Gasteiger charge is -2.09. The lowest BCUT2D eigenvalue weighted by Crippen LogP contribution is -2.37. The molecule has 3 rings (SSSR count). The fourth-order valence-electron chi connectivity index (χ4n) is 2.29.